The van der Waals surface area contributed by atoms with Crippen LogP contribution in [-0.2, 0) is 9.59 Å². The summed E-state index contributed by atoms with van der Waals surface area (Å²) < 4.78 is 0. The normalized spacial score (nSPS) is 22.2. The fourth-order valence-electron chi connectivity index (χ4n) is 1.49. The van der Waals surface area contributed by atoms with Crippen molar-refractivity contribution in [3.8, 4) is 0 Å². The van der Waals surface area contributed by atoms with Crippen LogP contribution in [0.4, 0.5) is 0 Å². The highest BCUT2D eigenvalue weighted by molar-refractivity contribution is 6.32. The van der Waals surface area contributed by atoms with Crippen LogP contribution in [0.15, 0.2) is 30.0 Å². The molecule has 0 bridgehead atoms. The first kappa shape index (κ1) is 11.7. The van der Waals surface area contributed by atoms with Crippen LogP contribution in [0.25, 0.3) is 6.08 Å². The fourth-order valence-corrected chi connectivity index (χ4v) is 1.68. The molecule has 0 spiro atoms. The molecule has 2 amide bonds. The van der Waals surface area contributed by atoms with Crippen molar-refractivity contribution in [2.24, 2.45) is 0 Å². The number of carbonyl (C=O) groups is 2. The molecule has 88 valence electrons. The van der Waals surface area contributed by atoms with E-state index >= 15 is 0 Å². The van der Waals surface area contributed by atoms with Crippen molar-refractivity contribution in [1.29, 1.82) is 0 Å². The van der Waals surface area contributed by atoms with Crippen molar-refractivity contribution < 1.29 is 9.59 Å². The Balaban J connectivity index is 2.31. The average Bonchev–Trinajstić information content (AvgIpc) is 2.29. The summed E-state index contributed by atoms with van der Waals surface area (Å²) in [5.74, 6) is -0.542. The maximum Gasteiger partial charge on any atom is 0.268 e. The van der Waals surface area contributed by atoms with Gasteiger partial charge in [-0.05, 0) is 24.6 Å². The predicted octanol–water partition coefficient (Wildman–Crippen LogP) is 1.32. The third kappa shape index (κ3) is 2.47. The number of rotatable bonds is 1. The highest BCUT2D eigenvalue weighted by Crippen LogP contribution is 2.18. The Labute approximate surface area is 104 Å². The second-order valence-corrected chi connectivity index (χ2v) is 4.17. The number of piperazine rings is 1. The van der Waals surface area contributed by atoms with Crippen LogP contribution in [0.1, 0.15) is 12.5 Å². The third-order valence-corrected chi connectivity index (χ3v) is 2.79. The Morgan fingerprint density at radius 3 is 2.71 bits per heavy atom. The zero-order valence-corrected chi connectivity index (χ0v) is 9.91. The molecule has 1 aliphatic rings. The SMILES string of the molecule is C[C@H]1NC(=O)/C(=C/c2ccccc2Cl)NC1=O. The smallest absolute Gasteiger partial charge is 0.268 e. The molecule has 0 radical (unpaired) electrons. The van der Waals surface area contributed by atoms with Crippen LogP contribution < -0.4 is 10.6 Å². The zero-order chi connectivity index (χ0) is 12.4. The highest BCUT2D eigenvalue weighted by atomic mass is 35.5. The lowest BCUT2D eigenvalue weighted by atomic mass is 10.1. The maximum atomic E-state index is 11.6. The summed E-state index contributed by atoms with van der Waals surface area (Å²) in [5.41, 5.74) is 0.898. The lowest BCUT2D eigenvalue weighted by molar-refractivity contribution is -0.130. The van der Waals surface area contributed by atoms with Gasteiger partial charge in [0.1, 0.15) is 11.7 Å². The van der Waals surface area contributed by atoms with Gasteiger partial charge in [-0.1, -0.05) is 29.8 Å². The minimum atomic E-state index is -0.508. The molecular formula is C12H11ClN2O2. The lowest BCUT2D eigenvalue weighted by Gasteiger charge is -2.22. The van der Waals surface area contributed by atoms with Crippen molar-refractivity contribution in [3.63, 3.8) is 0 Å². The summed E-state index contributed by atoms with van der Waals surface area (Å²) in [6, 6.07) is 6.59. The van der Waals surface area contributed by atoms with Gasteiger partial charge >= 0.3 is 0 Å². The number of hydrogen-bond acceptors (Lipinski definition) is 2. The van der Waals surface area contributed by atoms with E-state index < -0.39 is 6.04 Å². The van der Waals surface area contributed by atoms with Crippen LogP contribution in [0.5, 0.6) is 0 Å². The van der Waals surface area contributed by atoms with Gasteiger partial charge < -0.3 is 10.6 Å². The Morgan fingerprint density at radius 2 is 2.00 bits per heavy atom. The van der Waals surface area contributed by atoms with Gasteiger partial charge in [-0.3, -0.25) is 9.59 Å². The maximum absolute atomic E-state index is 11.6. The molecule has 1 aliphatic heterocycles. The van der Waals surface area contributed by atoms with Crippen LogP contribution >= 0.6 is 11.6 Å². The van der Waals surface area contributed by atoms with Crippen LogP contribution in [-0.4, -0.2) is 17.9 Å². The third-order valence-electron chi connectivity index (χ3n) is 2.45. The van der Waals surface area contributed by atoms with Gasteiger partial charge in [0.05, 0.1) is 0 Å². The Bertz CT molecular complexity index is 511. The van der Waals surface area contributed by atoms with Gasteiger partial charge in [-0.15, -0.1) is 0 Å². The summed E-state index contributed by atoms with van der Waals surface area (Å²) in [7, 11) is 0. The van der Waals surface area contributed by atoms with Crippen molar-refractivity contribution in [2.45, 2.75) is 13.0 Å². The molecule has 17 heavy (non-hydrogen) atoms. The average molecular weight is 251 g/mol. The standard InChI is InChI=1S/C12H11ClN2O2/c1-7-11(16)15-10(12(17)14-7)6-8-4-2-3-5-9(8)13/h2-7H,1H3,(H,14,17)(H,15,16)/b10-6-/t7-/m1/s1. The molecule has 0 aromatic heterocycles. The van der Waals surface area contributed by atoms with Crippen LogP contribution in [0.3, 0.4) is 0 Å². The van der Waals surface area contributed by atoms with Crippen LogP contribution in [0.2, 0.25) is 5.02 Å². The molecule has 1 atom stereocenters. The fraction of sp³-hybridized carbons (Fsp3) is 0.167. The number of halogens is 1. The molecule has 1 saturated heterocycles. The van der Waals surface area contributed by atoms with Gasteiger partial charge in [-0.25, -0.2) is 0 Å². The monoisotopic (exact) mass is 250 g/mol. The first-order valence-electron chi connectivity index (χ1n) is 5.16. The van der Waals surface area contributed by atoms with Crippen molar-refractivity contribution in [1.82, 2.24) is 10.6 Å². The summed E-state index contributed by atoms with van der Waals surface area (Å²) in [6.45, 7) is 1.62. The number of benzene rings is 1. The molecular weight excluding hydrogens is 240 g/mol. The number of nitrogens with one attached hydrogen (secondary N) is 2. The van der Waals surface area contributed by atoms with Gasteiger partial charge in [0.2, 0.25) is 5.91 Å². The molecule has 1 fully saturated rings. The van der Waals surface area contributed by atoms with E-state index in [2.05, 4.69) is 10.6 Å². The predicted molar refractivity (Wildman–Crippen MR) is 65.2 cm³/mol. The second-order valence-electron chi connectivity index (χ2n) is 3.76. The van der Waals surface area contributed by atoms with Gasteiger partial charge in [0.25, 0.3) is 5.91 Å². The van der Waals surface area contributed by atoms with Crippen molar-refractivity contribution in [3.05, 3.63) is 40.5 Å². The van der Waals surface area contributed by atoms with E-state index in [1.165, 1.54) is 0 Å². The van der Waals surface area contributed by atoms with Gasteiger partial charge in [0, 0.05) is 5.02 Å². The Kier molecular flexibility index (Phi) is 3.15. The zero-order valence-electron chi connectivity index (χ0n) is 9.16. The minimum absolute atomic E-state index is 0.209. The summed E-state index contributed by atoms with van der Waals surface area (Å²) in [4.78, 5) is 23.1. The topological polar surface area (TPSA) is 58.2 Å². The van der Waals surface area contributed by atoms with E-state index in [4.69, 9.17) is 11.6 Å². The molecule has 1 aromatic carbocycles. The first-order chi connectivity index (χ1) is 8.08. The lowest BCUT2D eigenvalue weighted by Crippen LogP contribution is -2.53. The molecule has 0 aliphatic carbocycles. The molecule has 4 nitrogen and oxygen atoms in total. The molecule has 1 aromatic rings. The molecule has 5 heteroatoms. The largest absolute Gasteiger partial charge is 0.339 e. The van der Waals surface area contributed by atoms with E-state index in [-0.39, 0.29) is 17.5 Å². The molecule has 0 unspecified atom stereocenters. The Morgan fingerprint density at radius 1 is 1.29 bits per heavy atom. The van der Waals surface area contributed by atoms with E-state index in [1.54, 1.807) is 31.2 Å². The highest BCUT2D eigenvalue weighted by Gasteiger charge is 2.25. The van der Waals surface area contributed by atoms with Crippen molar-refractivity contribution in [2.75, 3.05) is 0 Å². The molecule has 2 rings (SSSR count). The van der Waals surface area contributed by atoms with E-state index in [0.29, 0.717) is 10.6 Å². The van der Waals surface area contributed by atoms with E-state index in [9.17, 15) is 9.59 Å². The summed E-state index contributed by atoms with van der Waals surface area (Å²) in [5, 5.41) is 5.63. The molecule has 0 saturated carbocycles. The van der Waals surface area contributed by atoms with E-state index in [1.807, 2.05) is 6.07 Å². The number of carbonyl (C=O) groups excluding carboxylic acids is 2. The molecule has 2 N–H and O–H groups in total. The number of hydrogen-bond donors (Lipinski definition) is 2. The number of amides is 2. The van der Waals surface area contributed by atoms with Gasteiger partial charge in [0.15, 0.2) is 0 Å². The quantitative estimate of drug-likeness (QED) is 0.739. The summed E-state index contributed by atoms with van der Waals surface area (Å²) >= 11 is 5.97. The second kappa shape index (κ2) is 4.59. The Hall–Kier alpha value is -1.81. The molecule has 1 heterocycles. The van der Waals surface area contributed by atoms with Gasteiger partial charge in [-0.2, -0.15) is 0 Å². The van der Waals surface area contributed by atoms with Crippen molar-refractivity contribution >= 4 is 29.5 Å². The summed E-state index contributed by atoms with van der Waals surface area (Å²) in [6.07, 6.45) is 1.56. The van der Waals surface area contributed by atoms with Crippen LogP contribution in [0, 0.1) is 0 Å². The van der Waals surface area contributed by atoms with E-state index in [0.717, 1.165) is 0 Å². The minimum Gasteiger partial charge on any atom is -0.339 e. The first-order valence-corrected chi connectivity index (χ1v) is 5.53.